The van der Waals surface area contributed by atoms with Gasteiger partial charge in [0.25, 0.3) is 5.91 Å². The molecule has 0 aliphatic rings. The highest BCUT2D eigenvalue weighted by Gasteiger charge is 2.14. The van der Waals surface area contributed by atoms with Crippen molar-refractivity contribution in [2.45, 2.75) is 33.1 Å². The van der Waals surface area contributed by atoms with Gasteiger partial charge in [-0.2, -0.15) is 5.26 Å². The van der Waals surface area contributed by atoms with Crippen LogP contribution < -0.4 is 10.1 Å². The quantitative estimate of drug-likeness (QED) is 0.567. The smallest absolute Gasteiger partial charge is 0.257 e. The number of hydrogen-bond donors (Lipinski definition) is 1. The number of carbonyl (C=O) groups is 1. The Hall–Kier alpha value is -2.91. The van der Waals surface area contributed by atoms with E-state index < -0.39 is 0 Å². The van der Waals surface area contributed by atoms with Gasteiger partial charge in [-0.25, -0.2) is 0 Å². The van der Waals surface area contributed by atoms with Crippen molar-refractivity contribution in [1.29, 1.82) is 5.26 Å². The van der Waals surface area contributed by atoms with E-state index in [0.29, 0.717) is 42.7 Å². The van der Waals surface area contributed by atoms with Crippen molar-refractivity contribution < 1.29 is 9.53 Å². The number of nitrogens with one attached hydrogen (secondary N) is 1. The molecule has 0 spiro atoms. The summed E-state index contributed by atoms with van der Waals surface area (Å²) in [6.45, 7) is 6.07. The summed E-state index contributed by atoms with van der Waals surface area (Å²) < 4.78 is 5.69. The van der Waals surface area contributed by atoms with Gasteiger partial charge in [-0.15, -0.1) is 0 Å². The third-order valence-electron chi connectivity index (χ3n) is 4.59. The minimum atomic E-state index is -0.268. The monoisotopic (exact) mass is 423 g/mol. The number of thiocarbonyl (C=S) groups is 1. The molecular formula is C24H29N3O2S. The average molecular weight is 424 g/mol. The SMILES string of the molecule is CC(C)CCOc1ccc(C(=O)NC(=S)N(CCC#N)CCc2ccccc2)cc1. The van der Waals surface area contributed by atoms with Crippen molar-refractivity contribution in [3.05, 3.63) is 65.7 Å². The Bertz CT molecular complexity index is 845. The molecule has 2 rings (SSSR count). The number of nitriles is 1. The Morgan fingerprint density at radius 2 is 1.83 bits per heavy atom. The van der Waals surface area contributed by atoms with E-state index in [9.17, 15) is 4.79 Å². The number of rotatable bonds is 10. The van der Waals surface area contributed by atoms with Gasteiger partial charge in [-0.05, 0) is 60.8 Å². The Kier molecular flexibility index (Phi) is 9.82. The molecule has 2 aromatic carbocycles. The predicted octanol–water partition coefficient (Wildman–Crippen LogP) is 4.58. The molecule has 0 aliphatic heterocycles. The lowest BCUT2D eigenvalue weighted by Gasteiger charge is -2.24. The third-order valence-corrected chi connectivity index (χ3v) is 4.96. The van der Waals surface area contributed by atoms with Gasteiger partial charge in [0, 0.05) is 18.7 Å². The zero-order valence-corrected chi connectivity index (χ0v) is 18.5. The molecule has 5 nitrogen and oxygen atoms in total. The van der Waals surface area contributed by atoms with Gasteiger partial charge in [0.05, 0.1) is 19.1 Å². The standard InChI is InChI=1S/C24H29N3O2S/c1-19(2)14-18-29-22-11-9-21(10-12-22)23(28)26-24(30)27(16-6-15-25)17-13-20-7-4-3-5-8-20/h3-5,7-12,19H,6,13-14,16-18H2,1-2H3,(H,26,28,30). The largest absolute Gasteiger partial charge is 0.494 e. The van der Waals surface area contributed by atoms with Crippen LogP contribution >= 0.6 is 12.2 Å². The first kappa shape index (κ1) is 23.4. The summed E-state index contributed by atoms with van der Waals surface area (Å²) in [5.41, 5.74) is 1.69. The fourth-order valence-electron chi connectivity index (χ4n) is 2.77. The normalized spacial score (nSPS) is 10.3. The fourth-order valence-corrected chi connectivity index (χ4v) is 3.05. The number of hydrogen-bond acceptors (Lipinski definition) is 4. The van der Waals surface area contributed by atoms with Crippen LogP contribution in [0.15, 0.2) is 54.6 Å². The lowest BCUT2D eigenvalue weighted by Crippen LogP contribution is -2.44. The molecule has 0 unspecified atom stereocenters. The predicted molar refractivity (Wildman–Crippen MR) is 123 cm³/mol. The van der Waals surface area contributed by atoms with E-state index in [4.69, 9.17) is 22.2 Å². The molecule has 0 heterocycles. The first-order valence-electron chi connectivity index (χ1n) is 10.2. The molecule has 0 saturated heterocycles. The molecule has 6 heteroatoms. The summed E-state index contributed by atoms with van der Waals surface area (Å²) in [4.78, 5) is 14.5. The molecule has 0 aromatic heterocycles. The summed E-state index contributed by atoms with van der Waals surface area (Å²) in [5.74, 6) is 1.06. The molecule has 0 fully saturated rings. The van der Waals surface area contributed by atoms with E-state index in [1.54, 1.807) is 24.3 Å². The van der Waals surface area contributed by atoms with Crippen LogP contribution in [0.3, 0.4) is 0 Å². The second-order valence-electron chi connectivity index (χ2n) is 7.45. The van der Waals surface area contributed by atoms with Crippen molar-refractivity contribution >= 4 is 23.2 Å². The summed E-state index contributed by atoms with van der Waals surface area (Å²) in [6.07, 6.45) is 2.11. The molecule has 158 valence electrons. The molecule has 0 aliphatic carbocycles. The molecule has 0 radical (unpaired) electrons. The minimum absolute atomic E-state index is 0.268. The van der Waals surface area contributed by atoms with Gasteiger partial charge in [-0.3, -0.25) is 10.1 Å². The van der Waals surface area contributed by atoms with Crippen LogP contribution in [0.4, 0.5) is 0 Å². The van der Waals surface area contributed by atoms with E-state index in [1.165, 1.54) is 5.56 Å². The fraction of sp³-hybridized carbons (Fsp3) is 0.375. The maximum absolute atomic E-state index is 12.6. The second kappa shape index (κ2) is 12.6. The van der Waals surface area contributed by atoms with Crippen LogP contribution in [0.25, 0.3) is 0 Å². The van der Waals surface area contributed by atoms with Crippen molar-refractivity contribution in [2.24, 2.45) is 5.92 Å². The lowest BCUT2D eigenvalue weighted by molar-refractivity contribution is 0.0973. The molecule has 0 bridgehead atoms. The first-order chi connectivity index (χ1) is 14.5. The average Bonchev–Trinajstić information content (AvgIpc) is 2.74. The van der Waals surface area contributed by atoms with Crippen LogP contribution in [-0.4, -0.2) is 35.6 Å². The highest BCUT2D eigenvalue weighted by molar-refractivity contribution is 7.80. The van der Waals surface area contributed by atoms with Crippen LogP contribution in [0, 0.1) is 17.2 Å². The van der Waals surface area contributed by atoms with E-state index in [0.717, 1.165) is 18.6 Å². The van der Waals surface area contributed by atoms with Crippen LogP contribution in [-0.2, 0) is 6.42 Å². The Morgan fingerprint density at radius 3 is 2.47 bits per heavy atom. The number of nitrogens with zero attached hydrogens (tertiary/aromatic N) is 2. The van der Waals surface area contributed by atoms with Gasteiger partial charge >= 0.3 is 0 Å². The number of carbonyl (C=O) groups excluding carboxylic acids is 1. The van der Waals surface area contributed by atoms with Crippen LogP contribution in [0.1, 0.15) is 42.6 Å². The van der Waals surface area contributed by atoms with Crippen LogP contribution in [0.2, 0.25) is 0 Å². The van der Waals surface area contributed by atoms with Crippen molar-refractivity contribution in [3.8, 4) is 11.8 Å². The van der Waals surface area contributed by atoms with Crippen molar-refractivity contribution in [3.63, 3.8) is 0 Å². The van der Waals surface area contributed by atoms with Crippen molar-refractivity contribution in [1.82, 2.24) is 10.2 Å². The highest BCUT2D eigenvalue weighted by atomic mass is 32.1. The van der Waals surface area contributed by atoms with E-state index in [1.807, 2.05) is 23.1 Å². The molecule has 0 saturated carbocycles. The van der Waals surface area contributed by atoms with Crippen LogP contribution in [0.5, 0.6) is 5.75 Å². The summed E-state index contributed by atoms with van der Waals surface area (Å²) in [5, 5.41) is 12.1. The van der Waals surface area contributed by atoms with Gasteiger partial charge in [-0.1, -0.05) is 44.2 Å². The molecule has 0 atom stereocenters. The maximum atomic E-state index is 12.6. The highest BCUT2D eigenvalue weighted by Crippen LogP contribution is 2.13. The number of ether oxygens (including phenoxy) is 1. The van der Waals surface area contributed by atoms with Crippen molar-refractivity contribution in [2.75, 3.05) is 19.7 Å². The molecule has 1 amide bonds. The Balaban J connectivity index is 1.91. The molecule has 1 N–H and O–H groups in total. The first-order valence-corrected chi connectivity index (χ1v) is 10.6. The molecule has 30 heavy (non-hydrogen) atoms. The topological polar surface area (TPSA) is 65.4 Å². The Morgan fingerprint density at radius 1 is 1.13 bits per heavy atom. The summed E-state index contributed by atoms with van der Waals surface area (Å²) >= 11 is 5.45. The number of amides is 1. The van der Waals surface area contributed by atoms with E-state index in [-0.39, 0.29) is 5.91 Å². The molecular weight excluding hydrogens is 394 g/mol. The summed E-state index contributed by atoms with van der Waals surface area (Å²) in [6, 6.07) is 19.2. The van der Waals surface area contributed by atoms with E-state index >= 15 is 0 Å². The zero-order chi connectivity index (χ0) is 21.8. The van der Waals surface area contributed by atoms with Gasteiger partial charge in [0.1, 0.15) is 5.75 Å². The third kappa shape index (κ3) is 8.22. The van der Waals surface area contributed by atoms with E-state index in [2.05, 4.69) is 37.4 Å². The lowest BCUT2D eigenvalue weighted by atomic mass is 10.1. The van der Waals surface area contributed by atoms with Gasteiger partial charge in [0.15, 0.2) is 5.11 Å². The second-order valence-corrected chi connectivity index (χ2v) is 7.83. The minimum Gasteiger partial charge on any atom is -0.494 e. The van der Waals surface area contributed by atoms with Gasteiger partial charge in [0.2, 0.25) is 0 Å². The number of benzene rings is 2. The molecule has 2 aromatic rings. The van der Waals surface area contributed by atoms with Gasteiger partial charge < -0.3 is 9.64 Å². The Labute approximate surface area is 184 Å². The summed E-state index contributed by atoms with van der Waals surface area (Å²) in [7, 11) is 0. The maximum Gasteiger partial charge on any atom is 0.257 e. The zero-order valence-electron chi connectivity index (χ0n) is 17.6.